The smallest absolute Gasteiger partial charge is 0.191 e. The highest BCUT2D eigenvalue weighted by Crippen LogP contribution is 2.45. The third kappa shape index (κ3) is 2.64. The number of aryl methyl sites for hydroxylation is 1. The van der Waals surface area contributed by atoms with Crippen LogP contribution in [0.3, 0.4) is 0 Å². The SMILES string of the molecule is Cn1ccc(C(=O)CSc2nnc(C3CC3)n2C2CC2)c1. The molecular formula is C15H18N4OS. The quantitative estimate of drug-likeness (QED) is 0.608. The summed E-state index contributed by atoms with van der Waals surface area (Å²) in [6.07, 6.45) is 8.67. The maximum Gasteiger partial charge on any atom is 0.191 e. The number of Topliss-reactive ketones (excluding diaryl/α,β-unsaturated/α-hetero) is 1. The van der Waals surface area contributed by atoms with E-state index >= 15 is 0 Å². The molecule has 6 heteroatoms. The van der Waals surface area contributed by atoms with Gasteiger partial charge in [0.25, 0.3) is 0 Å². The number of thioether (sulfide) groups is 1. The van der Waals surface area contributed by atoms with Gasteiger partial charge in [0.2, 0.25) is 0 Å². The largest absolute Gasteiger partial charge is 0.357 e. The zero-order valence-electron chi connectivity index (χ0n) is 12.0. The normalized spacial score (nSPS) is 18.1. The van der Waals surface area contributed by atoms with Crippen molar-refractivity contribution in [2.24, 2.45) is 7.05 Å². The van der Waals surface area contributed by atoms with E-state index in [2.05, 4.69) is 14.8 Å². The molecule has 0 spiro atoms. The predicted octanol–water partition coefficient (Wildman–Crippen LogP) is 2.80. The Kier molecular flexibility index (Phi) is 3.14. The Labute approximate surface area is 127 Å². The van der Waals surface area contributed by atoms with Gasteiger partial charge in [-0.15, -0.1) is 10.2 Å². The molecule has 0 N–H and O–H groups in total. The summed E-state index contributed by atoms with van der Waals surface area (Å²) in [6.45, 7) is 0. The molecule has 21 heavy (non-hydrogen) atoms. The second-order valence-electron chi connectivity index (χ2n) is 5.99. The average molecular weight is 302 g/mol. The van der Waals surface area contributed by atoms with Crippen LogP contribution in [-0.4, -0.2) is 30.9 Å². The molecule has 0 bridgehead atoms. The number of hydrogen-bond acceptors (Lipinski definition) is 4. The van der Waals surface area contributed by atoms with E-state index in [4.69, 9.17) is 0 Å². The molecule has 2 fully saturated rings. The fourth-order valence-corrected chi connectivity index (χ4v) is 3.47. The average Bonchev–Trinajstić information content (AvgIpc) is 3.40. The first-order valence-corrected chi connectivity index (χ1v) is 8.43. The maximum absolute atomic E-state index is 12.2. The molecule has 110 valence electrons. The maximum atomic E-state index is 12.2. The third-order valence-corrected chi connectivity index (χ3v) is 4.97. The van der Waals surface area contributed by atoms with Crippen LogP contribution < -0.4 is 0 Å². The summed E-state index contributed by atoms with van der Waals surface area (Å²) in [6, 6.07) is 2.44. The summed E-state index contributed by atoms with van der Waals surface area (Å²) in [4.78, 5) is 12.2. The summed E-state index contributed by atoms with van der Waals surface area (Å²) in [5.74, 6) is 2.34. The van der Waals surface area contributed by atoms with Gasteiger partial charge in [0, 0.05) is 37.0 Å². The standard InChI is InChI=1S/C15H18N4OS/c1-18-7-6-11(8-18)13(20)9-21-15-17-16-14(10-2-3-10)19(15)12-4-5-12/h6-8,10,12H,2-5,9H2,1H3. The van der Waals surface area contributed by atoms with Gasteiger partial charge in [0.15, 0.2) is 10.9 Å². The summed E-state index contributed by atoms with van der Waals surface area (Å²) in [5.41, 5.74) is 0.768. The van der Waals surface area contributed by atoms with E-state index in [0.717, 1.165) is 16.5 Å². The molecule has 2 aromatic rings. The van der Waals surface area contributed by atoms with Crippen LogP contribution in [0.5, 0.6) is 0 Å². The number of hydrogen-bond donors (Lipinski definition) is 0. The van der Waals surface area contributed by atoms with Crippen molar-refractivity contribution in [3.05, 3.63) is 29.8 Å². The molecule has 2 aliphatic rings. The van der Waals surface area contributed by atoms with Gasteiger partial charge in [-0.1, -0.05) is 11.8 Å². The van der Waals surface area contributed by atoms with E-state index in [-0.39, 0.29) is 5.78 Å². The third-order valence-electron chi connectivity index (χ3n) is 4.03. The van der Waals surface area contributed by atoms with E-state index in [9.17, 15) is 4.79 Å². The van der Waals surface area contributed by atoms with Crippen LogP contribution in [0.2, 0.25) is 0 Å². The van der Waals surface area contributed by atoms with Crippen molar-refractivity contribution in [3.63, 3.8) is 0 Å². The number of nitrogens with zero attached hydrogens (tertiary/aromatic N) is 4. The van der Waals surface area contributed by atoms with Crippen molar-refractivity contribution in [2.75, 3.05) is 5.75 Å². The Morgan fingerprint density at radius 2 is 2.14 bits per heavy atom. The van der Waals surface area contributed by atoms with Gasteiger partial charge in [0.1, 0.15) is 5.82 Å². The lowest BCUT2D eigenvalue weighted by atomic mass is 10.2. The van der Waals surface area contributed by atoms with Crippen molar-refractivity contribution >= 4 is 17.5 Å². The van der Waals surface area contributed by atoms with Gasteiger partial charge in [-0.3, -0.25) is 4.79 Å². The lowest BCUT2D eigenvalue weighted by molar-refractivity contribution is 0.102. The van der Waals surface area contributed by atoms with E-state index in [1.807, 2.05) is 30.1 Å². The number of aromatic nitrogens is 4. The molecule has 2 saturated carbocycles. The molecule has 0 amide bonds. The van der Waals surface area contributed by atoms with E-state index in [1.54, 1.807) is 0 Å². The van der Waals surface area contributed by atoms with E-state index in [1.165, 1.54) is 37.4 Å². The summed E-state index contributed by atoms with van der Waals surface area (Å²) in [7, 11) is 1.93. The molecular weight excluding hydrogens is 284 g/mol. The van der Waals surface area contributed by atoms with Crippen LogP contribution in [0.1, 0.15) is 53.8 Å². The van der Waals surface area contributed by atoms with Crippen molar-refractivity contribution < 1.29 is 4.79 Å². The predicted molar refractivity (Wildman–Crippen MR) is 80.7 cm³/mol. The Bertz CT molecular complexity index is 682. The molecule has 0 saturated heterocycles. The van der Waals surface area contributed by atoms with Gasteiger partial charge in [0.05, 0.1) is 5.75 Å². The Morgan fingerprint density at radius 3 is 2.76 bits per heavy atom. The molecule has 2 aromatic heterocycles. The molecule has 0 aromatic carbocycles. The lowest BCUT2D eigenvalue weighted by Gasteiger charge is -2.07. The second-order valence-corrected chi connectivity index (χ2v) is 6.94. The number of ketones is 1. The van der Waals surface area contributed by atoms with Gasteiger partial charge in [-0.25, -0.2) is 0 Å². The van der Waals surface area contributed by atoms with Crippen LogP contribution in [-0.2, 0) is 7.05 Å². The van der Waals surface area contributed by atoms with Crippen molar-refractivity contribution in [2.45, 2.75) is 42.8 Å². The molecule has 4 rings (SSSR count). The van der Waals surface area contributed by atoms with E-state index < -0.39 is 0 Å². The monoisotopic (exact) mass is 302 g/mol. The Balaban J connectivity index is 1.48. The Hall–Kier alpha value is -1.56. The molecule has 5 nitrogen and oxygen atoms in total. The highest BCUT2D eigenvalue weighted by atomic mass is 32.2. The second kappa shape index (κ2) is 5.02. The van der Waals surface area contributed by atoms with Crippen LogP contribution in [0.25, 0.3) is 0 Å². The molecule has 2 heterocycles. The highest BCUT2D eigenvalue weighted by Gasteiger charge is 2.36. The van der Waals surface area contributed by atoms with Gasteiger partial charge >= 0.3 is 0 Å². The van der Waals surface area contributed by atoms with Crippen LogP contribution in [0, 0.1) is 0 Å². The zero-order valence-corrected chi connectivity index (χ0v) is 12.8. The zero-order chi connectivity index (χ0) is 14.4. The first-order chi connectivity index (χ1) is 10.2. The molecule has 2 aliphatic carbocycles. The summed E-state index contributed by atoms with van der Waals surface area (Å²) >= 11 is 1.52. The minimum atomic E-state index is 0.152. The highest BCUT2D eigenvalue weighted by molar-refractivity contribution is 7.99. The van der Waals surface area contributed by atoms with Gasteiger partial charge < -0.3 is 9.13 Å². The minimum absolute atomic E-state index is 0.152. The Morgan fingerprint density at radius 1 is 1.33 bits per heavy atom. The molecule has 0 unspecified atom stereocenters. The fourth-order valence-electron chi connectivity index (χ4n) is 2.56. The van der Waals surface area contributed by atoms with Gasteiger partial charge in [-0.2, -0.15) is 0 Å². The van der Waals surface area contributed by atoms with Crippen LogP contribution in [0.4, 0.5) is 0 Å². The fraction of sp³-hybridized carbons (Fsp3) is 0.533. The molecule has 0 atom stereocenters. The van der Waals surface area contributed by atoms with Crippen molar-refractivity contribution in [3.8, 4) is 0 Å². The van der Waals surface area contributed by atoms with E-state index in [0.29, 0.717) is 17.7 Å². The summed E-state index contributed by atoms with van der Waals surface area (Å²) < 4.78 is 4.19. The van der Waals surface area contributed by atoms with Crippen molar-refractivity contribution in [1.82, 2.24) is 19.3 Å². The minimum Gasteiger partial charge on any atom is -0.357 e. The first-order valence-electron chi connectivity index (χ1n) is 7.45. The number of carbonyl (C=O) groups is 1. The number of rotatable bonds is 6. The van der Waals surface area contributed by atoms with Crippen molar-refractivity contribution in [1.29, 1.82) is 0 Å². The van der Waals surface area contributed by atoms with Gasteiger partial charge in [-0.05, 0) is 31.7 Å². The van der Waals surface area contributed by atoms with Crippen LogP contribution in [0.15, 0.2) is 23.6 Å². The lowest BCUT2D eigenvalue weighted by Crippen LogP contribution is -2.05. The number of carbonyl (C=O) groups excluding carboxylic acids is 1. The first kappa shape index (κ1) is 13.1. The summed E-state index contributed by atoms with van der Waals surface area (Å²) in [5, 5.41) is 9.62. The molecule has 0 aliphatic heterocycles. The van der Waals surface area contributed by atoms with Crippen LogP contribution >= 0.6 is 11.8 Å². The topological polar surface area (TPSA) is 52.7 Å². The molecule has 0 radical (unpaired) electrons.